The number of rotatable bonds is 3. The molecule has 0 spiro atoms. The normalized spacial score (nSPS) is 21.9. The van der Waals surface area contributed by atoms with Crippen LogP contribution in [-0.2, 0) is 14.4 Å². The first-order chi connectivity index (χ1) is 10.3. The standard InChI is InChI=1S/C14H14Cl2N2O3S/c1-7-13(20)18(14(21)8(2)22-7)6-12(19)17-9-3-4-10(15)11(16)5-9/h3-5,7-8H,6H2,1-2H3,(H,17,19)/t7-,8+. The van der Waals surface area contributed by atoms with Crippen LogP contribution in [0.4, 0.5) is 5.69 Å². The molecule has 0 unspecified atom stereocenters. The zero-order chi connectivity index (χ0) is 16.4. The van der Waals surface area contributed by atoms with Crippen LogP contribution in [-0.4, -0.2) is 39.7 Å². The van der Waals surface area contributed by atoms with Crippen molar-refractivity contribution in [2.45, 2.75) is 24.3 Å². The number of imide groups is 1. The average molecular weight is 361 g/mol. The van der Waals surface area contributed by atoms with Crippen LogP contribution in [0.1, 0.15) is 13.8 Å². The van der Waals surface area contributed by atoms with Crippen LogP contribution in [0.2, 0.25) is 10.0 Å². The van der Waals surface area contributed by atoms with E-state index in [0.29, 0.717) is 15.7 Å². The molecule has 1 N–H and O–H groups in total. The number of carbonyl (C=O) groups is 3. The minimum atomic E-state index is -0.466. The summed E-state index contributed by atoms with van der Waals surface area (Å²) in [7, 11) is 0. The Balaban J connectivity index is 2.05. The number of hydrogen-bond donors (Lipinski definition) is 1. The summed E-state index contributed by atoms with van der Waals surface area (Å²) >= 11 is 13.0. The number of thioether (sulfide) groups is 1. The maximum atomic E-state index is 12.0. The van der Waals surface area contributed by atoms with E-state index in [4.69, 9.17) is 23.2 Å². The number of nitrogens with zero attached hydrogens (tertiary/aromatic N) is 1. The molecule has 5 nitrogen and oxygen atoms in total. The fraction of sp³-hybridized carbons (Fsp3) is 0.357. The number of carbonyl (C=O) groups excluding carboxylic acids is 3. The molecule has 2 rings (SSSR count). The molecule has 1 heterocycles. The van der Waals surface area contributed by atoms with E-state index in [1.54, 1.807) is 26.0 Å². The van der Waals surface area contributed by atoms with Crippen molar-refractivity contribution in [3.8, 4) is 0 Å². The van der Waals surface area contributed by atoms with Crippen molar-refractivity contribution in [2.75, 3.05) is 11.9 Å². The summed E-state index contributed by atoms with van der Waals surface area (Å²) in [6.07, 6.45) is 0. The Morgan fingerprint density at radius 1 is 1.18 bits per heavy atom. The van der Waals surface area contributed by atoms with Crippen LogP contribution in [0.25, 0.3) is 0 Å². The van der Waals surface area contributed by atoms with Crippen molar-refractivity contribution in [3.63, 3.8) is 0 Å². The average Bonchev–Trinajstić information content (AvgIpc) is 2.45. The zero-order valence-corrected chi connectivity index (χ0v) is 14.3. The van der Waals surface area contributed by atoms with Crippen molar-refractivity contribution in [2.24, 2.45) is 0 Å². The summed E-state index contributed by atoms with van der Waals surface area (Å²) in [5.74, 6) is -1.17. The largest absolute Gasteiger partial charge is 0.324 e. The fourth-order valence-corrected chi connectivity index (χ4v) is 3.44. The maximum Gasteiger partial charge on any atom is 0.244 e. The highest BCUT2D eigenvalue weighted by Crippen LogP contribution is 2.27. The van der Waals surface area contributed by atoms with Gasteiger partial charge < -0.3 is 5.32 Å². The number of benzene rings is 1. The van der Waals surface area contributed by atoms with Crippen molar-refractivity contribution in [1.82, 2.24) is 4.90 Å². The summed E-state index contributed by atoms with van der Waals surface area (Å²) in [6, 6.07) is 4.65. The van der Waals surface area contributed by atoms with Gasteiger partial charge in [0.15, 0.2) is 0 Å². The molecular formula is C14H14Cl2N2O3S. The van der Waals surface area contributed by atoms with Gasteiger partial charge in [0.2, 0.25) is 17.7 Å². The van der Waals surface area contributed by atoms with Crippen molar-refractivity contribution < 1.29 is 14.4 Å². The van der Waals surface area contributed by atoms with E-state index in [9.17, 15) is 14.4 Å². The predicted octanol–water partition coefficient (Wildman–Crippen LogP) is 2.81. The lowest BCUT2D eigenvalue weighted by Gasteiger charge is -2.31. The van der Waals surface area contributed by atoms with Gasteiger partial charge in [-0.05, 0) is 32.0 Å². The number of anilines is 1. The Morgan fingerprint density at radius 2 is 1.77 bits per heavy atom. The molecule has 1 aliphatic heterocycles. The topological polar surface area (TPSA) is 66.5 Å². The Morgan fingerprint density at radius 3 is 2.32 bits per heavy atom. The van der Waals surface area contributed by atoms with Crippen LogP contribution >= 0.6 is 35.0 Å². The molecule has 1 aromatic rings. The minimum Gasteiger partial charge on any atom is -0.324 e. The maximum absolute atomic E-state index is 12.0. The molecule has 1 fully saturated rings. The monoisotopic (exact) mass is 360 g/mol. The van der Waals surface area contributed by atoms with E-state index < -0.39 is 5.91 Å². The van der Waals surface area contributed by atoms with Crippen LogP contribution < -0.4 is 5.32 Å². The molecule has 8 heteroatoms. The second kappa shape index (κ2) is 6.89. The van der Waals surface area contributed by atoms with Crippen LogP contribution in [0.15, 0.2) is 18.2 Å². The number of amides is 3. The highest BCUT2D eigenvalue weighted by molar-refractivity contribution is 8.02. The van der Waals surface area contributed by atoms with E-state index in [0.717, 1.165) is 4.90 Å². The molecule has 0 aromatic heterocycles. The summed E-state index contributed by atoms with van der Waals surface area (Å²) < 4.78 is 0. The Bertz CT molecular complexity index is 619. The molecule has 0 aliphatic carbocycles. The van der Waals surface area contributed by atoms with Gasteiger partial charge in [-0.15, -0.1) is 11.8 Å². The van der Waals surface area contributed by atoms with E-state index >= 15 is 0 Å². The summed E-state index contributed by atoms with van der Waals surface area (Å²) in [5.41, 5.74) is 0.451. The van der Waals surface area contributed by atoms with Gasteiger partial charge in [-0.25, -0.2) is 0 Å². The number of nitrogens with one attached hydrogen (secondary N) is 1. The molecule has 1 aliphatic rings. The summed E-state index contributed by atoms with van der Waals surface area (Å²) in [4.78, 5) is 37.1. The molecule has 1 saturated heterocycles. The third kappa shape index (κ3) is 3.74. The van der Waals surface area contributed by atoms with Gasteiger partial charge in [0.05, 0.1) is 20.5 Å². The molecular weight excluding hydrogens is 347 g/mol. The number of halogens is 2. The number of hydrogen-bond acceptors (Lipinski definition) is 4. The van der Waals surface area contributed by atoms with Crippen LogP contribution in [0.3, 0.4) is 0 Å². The Hall–Kier alpha value is -1.24. The highest BCUT2D eigenvalue weighted by atomic mass is 35.5. The molecule has 3 amide bonds. The molecule has 2 atom stereocenters. The predicted molar refractivity (Wildman–Crippen MR) is 88.3 cm³/mol. The van der Waals surface area contributed by atoms with Crippen LogP contribution in [0.5, 0.6) is 0 Å². The molecule has 0 saturated carbocycles. The van der Waals surface area contributed by atoms with Crippen molar-refractivity contribution >= 4 is 58.4 Å². The lowest BCUT2D eigenvalue weighted by molar-refractivity contribution is -0.147. The minimum absolute atomic E-state index is 0.309. The molecule has 22 heavy (non-hydrogen) atoms. The second-order valence-corrected chi connectivity index (χ2v) is 7.36. The van der Waals surface area contributed by atoms with Gasteiger partial charge in [0, 0.05) is 5.69 Å². The molecule has 118 valence electrons. The van der Waals surface area contributed by atoms with Gasteiger partial charge in [0.25, 0.3) is 0 Å². The molecule has 0 radical (unpaired) electrons. The van der Waals surface area contributed by atoms with Gasteiger partial charge in [-0.1, -0.05) is 23.2 Å². The van der Waals surface area contributed by atoms with E-state index in [1.165, 1.54) is 17.8 Å². The highest BCUT2D eigenvalue weighted by Gasteiger charge is 2.37. The Kier molecular flexibility index (Phi) is 5.36. The smallest absolute Gasteiger partial charge is 0.244 e. The van der Waals surface area contributed by atoms with E-state index in [1.807, 2.05) is 0 Å². The van der Waals surface area contributed by atoms with Crippen LogP contribution in [0, 0.1) is 0 Å². The first-order valence-corrected chi connectivity index (χ1v) is 8.25. The Labute approximate surface area is 142 Å². The van der Waals surface area contributed by atoms with Gasteiger partial charge in [-0.2, -0.15) is 0 Å². The summed E-state index contributed by atoms with van der Waals surface area (Å²) in [5, 5.41) is 2.59. The fourth-order valence-electron chi connectivity index (χ4n) is 2.04. The molecule has 0 bridgehead atoms. The first kappa shape index (κ1) is 17.1. The first-order valence-electron chi connectivity index (χ1n) is 6.55. The third-order valence-corrected chi connectivity index (χ3v) is 5.10. The second-order valence-electron chi connectivity index (χ2n) is 4.86. The van der Waals surface area contributed by atoms with E-state index in [-0.39, 0.29) is 28.9 Å². The molecule has 1 aromatic carbocycles. The van der Waals surface area contributed by atoms with Crippen molar-refractivity contribution in [1.29, 1.82) is 0 Å². The lowest BCUT2D eigenvalue weighted by Crippen LogP contribution is -2.52. The zero-order valence-electron chi connectivity index (χ0n) is 11.9. The SMILES string of the molecule is C[C@@H]1S[C@H](C)C(=O)N(CC(=O)Nc2ccc(Cl)c(Cl)c2)C1=O. The van der Waals surface area contributed by atoms with Crippen molar-refractivity contribution in [3.05, 3.63) is 28.2 Å². The van der Waals surface area contributed by atoms with E-state index in [2.05, 4.69) is 5.32 Å². The van der Waals surface area contributed by atoms with Gasteiger partial charge in [0.1, 0.15) is 6.54 Å². The lowest BCUT2D eigenvalue weighted by atomic mass is 10.3. The summed E-state index contributed by atoms with van der Waals surface area (Å²) in [6.45, 7) is 3.13. The van der Waals surface area contributed by atoms with Gasteiger partial charge in [-0.3, -0.25) is 19.3 Å². The van der Waals surface area contributed by atoms with Gasteiger partial charge >= 0.3 is 0 Å². The quantitative estimate of drug-likeness (QED) is 0.841. The third-order valence-electron chi connectivity index (χ3n) is 3.14.